The van der Waals surface area contributed by atoms with E-state index in [0.29, 0.717) is 0 Å². The van der Waals surface area contributed by atoms with Crippen molar-refractivity contribution in [2.24, 2.45) is 5.73 Å². The van der Waals surface area contributed by atoms with Gasteiger partial charge in [-0.25, -0.2) is 13.2 Å². The smallest absolute Gasteiger partial charge is 0.257 e. The molecule has 0 unspecified atom stereocenters. The molecular formula is C13H15F3N2O. The van der Waals surface area contributed by atoms with Crippen molar-refractivity contribution in [3.63, 3.8) is 0 Å². The van der Waals surface area contributed by atoms with E-state index in [-0.39, 0.29) is 19.1 Å². The molecule has 0 atom stereocenters. The third kappa shape index (κ3) is 2.58. The van der Waals surface area contributed by atoms with Crippen LogP contribution < -0.4 is 5.73 Å². The molecule has 0 heterocycles. The summed E-state index contributed by atoms with van der Waals surface area (Å²) in [5, 5.41) is 0. The number of halogens is 3. The topological polar surface area (TPSA) is 46.3 Å². The summed E-state index contributed by atoms with van der Waals surface area (Å²) in [5.41, 5.74) is 4.99. The molecule has 19 heavy (non-hydrogen) atoms. The minimum atomic E-state index is -1.62. The first-order valence-corrected chi connectivity index (χ1v) is 6.20. The van der Waals surface area contributed by atoms with Gasteiger partial charge in [-0.15, -0.1) is 0 Å². The third-order valence-corrected chi connectivity index (χ3v) is 3.41. The Hall–Kier alpha value is -1.56. The van der Waals surface area contributed by atoms with Crippen LogP contribution in [-0.4, -0.2) is 29.9 Å². The fourth-order valence-electron chi connectivity index (χ4n) is 2.13. The predicted molar refractivity (Wildman–Crippen MR) is 64.0 cm³/mol. The molecule has 1 aliphatic rings. The van der Waals surface area contributed by atoms with Gasteiger partial charge in [0.05, 0.1) is 5.56 Å². The van der Waals surface area contributed by atoms with E-state index >= 15 is 0 Å². The zero-order valence-corrected chi connectivity index (χ0v) is 10.3. The van der Waals surface area contributed by atoms with Crippen LogP contribution in [0.15, 0.2) is 12.1 Å². The molecule has 1 fully saturated rings. The fourth-order valence-corrected chi connectivity index (χ4v) is 2.13. The minimum absolute atomic E-state index is 0.0172. The van der Waals surface area contributed by atoms with Crippen LogP contribution in [0.3, 0.4) is 0 Å². The lowest BCUT2D eigenvalue weighted by molar-refractivity contribution is 0.0582. The molecule has 1 aromatic carbocycles. The maximum absolute atomic E-state index is 13.6. The molecule has 1 amide bonds. The molecule has 1 saturated carbocycles. The first kappa shape index (κ1) is 13.9. The van der Waals surface area contributed by atoms with Gasteiger partial charge in [0.25, 0.3) is 5.91 Å². The zero-order valence-electron chi connectivity index (χ0n) is 10.3. The minimum Gasteiger partial charge on any atom is -0.334 e. The van der Waals surface area contributed by atoms with Gasteiger partial charge in [0.15, 0.2) is 17.5 Å². The largest absolute Gasteiger partial charge is 0.334 e. The van der Waals surface area contributed by atoms with Crippen molar-refractivity contribution in [3.8, 4) is 0 Å². The number of nitrogens with zero attached hydrogens (tertiary/aromatic N) is 1. The number of hydrogen-bond donors (Lipinski definition) is 1. The van der Waals surface area contributed by atoms with Gasteiger partial charge in [0, 0.05) is 19.1 Å². The fraction of sp³-hybridized carbons (Fsp3) is 0.462. The second-order valence-electron chi connectivity index (χ2n) is 4.59. The van der Waals surface area contributed by atoms with Crippen molar-refractivity contribution < 1.29 is 18.0 Å². The maximum Gasteiger partial charge on any atom is 0.257 e. The Morgan fingerprint density at radius 2 is 1.95 bits per heavy atom. The Morgan fingerprint density at radius 1 is 1.26 bits per heavy atom. The van der Waals surface area contributed by atoms with E-state index in [4.69, 9.17) is 5.73 Å². The van der Waals surface area contributed by atoms with Gasteiger partial charge in [0.2, 0.25) is 0 Å². The second kappa shape index (κ2) is 5.61. The van der Waals surface area contributed by atoms with E-state index in [9.17, 15) is 18.0 Å². The third-order valence-electron chi connectivity index (χ3n) is 3.41. The lowest BCUT2D eigenvalue weighted by Gasteiger charge is -2.37. The van der Waals surface area contributed by atoms with Crippen LogP contribution in [0.25, 0.3) is 0 Å². The van der Waals surface area contributed by atoms with Crippen LogP contribution in [0.2, 0.25) is 0 Å². The molecule has 104 valence electrons. The maximum atomic E-state index is 13.6. The monoisotopic (exact) mass is 272 g/mol. The zero-order chi connectivity index (χ0) is 14.0. The summed E-state index contributed by atoms with van der Waals surface area (Å²) in [6.45, 7) is 0.523. The SMILES string of the molecule is NCCN(C(=O)c1ccc(F)c(F)c1F)C1CCC1. The first-order valence-electron chi connectivity index (χ1n) is 6.20. The summed E-state index contributed by atoms with van der Waals surface area (Å²) in [7, 11) is 0. The lowest BCUT2D eigenvalue weighted by Crippen LogP contribution is -2.46. The molecule has 2 N–H and O–H groups in total. The molecule has 0 bridgehead atoms. The Kier molecular flexibility index (Phi) is 4.09. The average Bonchev–Trinajstić information content (AvgIpc) is 2.33. The molecule has 0 radical (unpaired) electrons. The van der Waals surface area contributed by atoms with Gasteiger partial charge in [-0.2, -0.15) is 0 Å². The highest BCUT2D eigenvalue weighted by Gasteiger charge is 2.31. The van der Waals surface area contributed by atoms with Crippen molar-refractivity contribution >= 4 is 5.91 Å². The number of carbonyl (C=O) groups is 1. The van der Waals surface area contributed by atoms with Crippen molar-refractivity contribution in [3.05, 3.63) is 35.1 Å². The quantitative estimate of drug-likeness (QED) is 0.853. The summed E-state index contributed by atoms with van der Waals surface area (Å²) in [4.78, 5) is 13.6. The van der Waals surface area contributed by atoms with Crippen LogP contribution >= 0.6 is 0 Å². The van der Waals surface area contributed by atoms with E-state index < -0.39 is 28.9 Å². The number of hydrogen-bond acceptors (Lipinski definition) is 2. The van der Waals surface area contributed by atoms with Crippen LogP contribution in [0, 0.1) is 17.5 Å². The molecule has 0 spiro atoms. The molecule has 2 rings (SSSR count). The van der Waals surface area contributed by atoms with Gasteiger partial charge >= 0.3 is 0 Å². The van der Waals surface area contributed by atoms with Gasteiger partial charge < -0.3 is 10.6 Å². The first-order chi connectivity index (χ1) is 9.06. The van der Waals surface area contributed by atoms with Crippen molar-refractivity contribution in [2.75, 3.05) is 13.1 Å². The lowest BCUT2D eigenvalue weighted by atomic mass is 9.91. The Morgan fingerprint density at radius 3 is 2.47 bits per heavy atom. The molecule has 0 saturated heterocycles. The van der Waals surface area contributed by atoms with Crippen LogP contribution in [0.5, 0.6) is 0 Å². The van der Waals surface area contributed by atoms with E-state index in [1.807, 2.05) is 0 Å². The van der Waals surface area contributed by atoms with Crippen LogP contribution in [0.1, 0.15) is 29.6 Å². The van der Waals surface area contributed by atoms with Crippen LogP contribution in [-0.2, 0) is 0 Å². The number of benzene rings is 1. The summed E-state index contributed by atoms with van der Waals surface area (Å²) in [6.07, 6.45) is 2.66. The van der Waals surface area contributed by atoms with E-state index in [1.54, 1.807) is 0 Å². The highest BCUT2D eigenvalue weighted by Crippen LogP contribution is 2.27. The van der Waals surface area contributed by atoms with Crippen molar-refractivity contribution in [1.29, 1.82) is 0 Å². The standard InChI is InChI=1S/C13H15F3N2O/c14-10-5-4-9(11(15)12(10)16)13(19)18(7-6-17)8-2-1-3-8/h4-5,8H,1-3,6-7,17H2. The Labute approximate surface area is 109 Å². The highest BCUT2D eigenvalue weighted by atomic mass is 19.2. The molecule has 0 aromatic heterocycles. The normalized spacial score (nSPS) is 15.2. The van der Waals surface area contributed by atoms with Gasteiger partial charge in [-0.05, 0) is 31.4 Å². The van der Waals surface area contributed by atoms with Crippen molar-refractivity contribution in [2.45, 2.75) is 25.3 Å². The van der Waals surface area contributed by atoms with Crippen LogP contribution in [0.4, 0.5) is 13.2 Å². The summed E-state index contributed by atoms with van der Waals surface area (Å²) in [5.74, 6) is -4.99. The van der Waals surface area contributed by atoms with Crippen molar-refractivity contribution in [1.82, 2.24) is 4.90 Å². The Balaban J connectivity index is 2.28. The molecule has 6 heteroatoms. The van der Waals surface area contributed by atoms with Gasteiger partial charge in [0.1, 0.15) is 0 Å². The molecule has 3 nitrogen and oxygen atoms in total. The molecular weight excluding hydrogens is 257 g/mol. The average molecular weight is 272 g/mol. The summed E-state index contributed by atoms with van der Waals surface area (Å²) in [6, 6.07) is 1.74. The molecule has 1 aromatic rings. The van der Waals surface area contributed by atoms with Gasteiger partial charge in [-0.1, -0.05) is 0 Å². The van der Waals surface area contributed by atoms with E-state index in [2.05, 4.69) is 0 Å². The number of nitrogens with two attached hydrogens (primary N) is 1. The number of amides is 1. The predicted octanol–water partition coefficient (Wildman–Crippen LogP) is 2.06. The Bertz CT molecular complexity index is 489. The van der Waals surface area contributed by atoms with E-state index in [1.165, 1.54) is 4.90 Å². The summed E-state index contributed by atoms with van der Waals surface area (Å²) < 4.78 is 39.6. The number of carbonyl (C=O) groups excluding carboxylic acids is 1. The summed E-state index contributed by atoms with van der Waals surface area (Å²) >= 11 is 0. The molecule has 1 aliphatic carbocycles. The highest BCUT2D eigenvalue weighted by molar-refractivity contribution is 5.94. The van der Waals surface area contributed by atoms with Gasteiger partial charge in [-0.3, -0.25) is 4.79 Å². The van der Waals surface area contributed by atoms with E-state index in [0.717, 1.165) is 31.4 Å². The number of rotatable bonds is 4. The molecule has 0 aliphatic heterocycles. The second-order valence-corrected chi connectivity index (χ2v) is 4.59.